The van der Waals surface area contributed by atoms with Gasteiger partial charge < -0.3 is 4.90 Å². The number of carbonyl (C=O) groups excluding carboxylic acids is 2. The van der Waals surface area contributed by atoms with E-state index in [2.05, 4.69) is 24.3 Å². The first-order valence-corrected chi connectivity index (χ1v) is 10.8. The smallest absolute Gasteiger partial charge is 0.322 e. The second-order valence-electron chi connectivity index (χ2n) is 8.25. The number of nitrogens with zero attached hydrogens (tertiary/aromatic N) is 2. The maximum Gasteiger partial charge on any atom is 0.327 e. The Morgan fingerprint density at radius 3 is 2.03 bits per heavy atom. The highest BCUT2D eigenvalue weighted by Gasteiger charge is 2.45. The fourth-order valence-electron chi connectivity index (χ4n) is 4.47. The van der Waals surface area contributed by atoms with Crippen molar-refractivity contribution in [2.45, 2.75) is 37.8 Å². The molecule has 1 aliphatic rings. The molecule has 0 N–H and O–H groups in total. The second kappa shape index (κ2) is 9.17. The molecule has 31 heavy (non-hydrogen) atoms. The van der Waals surface area contributed by atoms with E-state index in [9.17, 15) is 9.59 Å². The zero-order valence-corrected chi connectivity index (χ0v) is 18.0. The van der Waals surface area contributed by atoms with Gasteiger partial charge in [0.25, 0.3) is 0 Å². The molecule has 4 heteroatoms. The van der Waals surface area contributed by atoms with Gasteiger partial charge in [0, 0.05) is 13.5 Å². The highest BCUT2D eigenvalue weighted by atomic mass is 16.2. The minimum Gasteiger partial charge on any atom is -0.322 e. The molecule has 0 bridgehead atoms. The van der Waals surface area contributed by atoms with E-state index in [1.807, 2.05) is 73.7 Å². The quantitative estimate of drug-likeness (QED) is 0.542. The maximum absolute atomic E-state index is 13.6. The lowest BCUT2D eigenvalue weighted by Gasteiger charge is -2.26. The van der Waals surface area contributed by atoms with Gasteiger partial charge in [-0.1, -0.05) is 91.0 Å². The third-order valence-corrected chi connectivity index (χ3v) is 6.28. The van der Waals surface area contributed by atoms with E-state index in [0.717, 1.165) is 17.5 Å². The van der Waals surface area contributed by atoms with Crippen LogP contribution >= 0.6 is 0 Å². The maximum atomic E-state index is 13.6. The number of imide groups is 1. The van der Waals surface area contributed by atoms with Crippen molar-refractivity contribution in [3.05, 3.63) is 108 Å². The minimum absolute atomic E-state index is 0.00142. The van der Waals surface area contributed by atoms with Crippen LogP contribution in [0.1, 0.15) is 42.0 Å². The van der Waals surface area contributed by atoms with Crippen LogP contribution in [-0.2, 0) is 11.2 Å². The molecule has 1 fully saturated rings. The molecule has 3 amide bonds. The monoisotopic (exact) mass is 412 g/mol. The van der Waals surface area contributed by atoms with Crippen molar-refractivity contribution in [3.63, 3.8) is 0 Å². The van der Waals surface area contributed by atoms with Gasteiger partial charge in [0.05, 0.1) is 12.1 Å². The van der Waals surface area contributed by atoms with Crippen LogP contribution < -0.4 is 0 Å². The Labute approximate surface area is 184 Å². The normalized spacial score (nSPS) is 19.5. The molecule has 3 aromatic rings. The SMILES string of the molecule is C[C@H]1[C@@H](c2ccccc2)N(C(=O)C[C@H](Cc2ccccc2)c2ccccc2)C(=O)N1C. The Balaban J connectivity index is 1.63. The van der Waals surface area contributed by atoms with E-state index in [1.54, 1.807) is 11.9 Å². The molecule has 0 saturated carbocycles. The number of hydrogen-bond acceptors (Lipinski definition) is 2. The Morgan fingerprint density at radius 2 is 1.42 bits per heavy atom. The summed E-state index contributed by atoms with van der Waals surface area (Å²) in [6.07, 6.45) is 1.04. The lowest BCUT2D eigenvalue weighted by atomic mass is 9.88. The number of urea groups is 1. The molecule has 4 rings (SSSR count). The van der Waals surface area contributed by atoms with Gasteiger partial charge in [0.2, 0.25) is 5.91 Å². The minimum atomic E-state index is -0.278. The van der Waals surface area contributed by atoms with E-state index >= 15 is 0 Å². The number of benzene rings is 3. The van der Waals surface area contributed by atoms with Crippen LogP contribution in [0.3, 0.4) is 0 Å². The Morgan fingerprint density at radius 1 is 0.871 bits per heavy atom. The van der Waals surface area contributed by atoms with Gasteiger partial charge in [0.1, 0.15) is 0 Å². The van der Waals surface area contributed by atoms with Crippen LogP contribution in [0.15, 0.2) is 91.0 Å². The van der Waals surface area contributed by atoms with Gasteiger partial charge >= 0.3 is 6.03 Å². The van der Waals surface area contributed by atoms with Crippen LogP contribution in [-0.4, -0.2) is 34.8 Å². The molecule has 0 aromatic heterocycles. The van der Waals surface area contributed by atoms with Gasteiger partial charge in [-0.05, 0) is 36.0 Å². The molecule has 0 radical (unpaired) electrons. The summed E-state index contributed by atoms with van der Waals surface area (Å²) in [4.78, 5) is 29.8. The summed E-state index contributed by atoms with van der Waals surface area (Å²) >= 11 is 0. The fraction of sp³-hybridized carbons (Fsp3) is 0.259. The molecular weight excluding hydrogens is 384 g/mol. The molecule has 3 atom stereocenters. The predicted molar refractivity (Wildman–Crippen MR) is 123 cm³/mol. The first kappa shape index (κ1) is 20.9. The molecular formula is C27H28N2O2. The average Bonchev–Trinajstić information content (AvgIpc) is 3.04. The van der Waals surface area contributed by atoms with E-state index in [-0.39, 0.29) is 36.4 Å². The molecule has 1 saturated heterocycles. The predicted octanol–water partition coefficient (Wildman–Crippen LogP) is 5.43. The number of likely N-dealkylation sites (N-methyl/N-ethyl adjacent to an activating group) is 1. The zero-order valence-electron chi connectivity index (χ0n) is 18.0. The summed E-state index contributed by atoms with van der Waals surface area (Å²) in [5.74, 6) is -0.124. The van der Waals surface area contributed by atoms with Gasteiger partial charge in [-0.2, -0.15) is 0 Å². The van der Waals surface area contributed by atoms with Crippen molar-refractivity contribution in [2.24, 2.45) is 0 Å². The molecule has 0 spiro atoms. The highest BCUT2D eigenvalue weighted by molar-refractivity contribution is 5.97. The van der Waals surface area contributed by atoms with E-state index in [4.69, 9.17) is 0 Å². The zero-order chi connectivity index (χ0) is 21.8. The Hall–Kier alpha value is -3.40. The van der Waals surface area contributed by atoms with Crippen molar-refractivity contribution in [1.82, 2.24) is 9.80 Å². The van der Waals surface area contributed by atoms with Crippen LogP contribution in [0.2, 0.25) is 0 Å². The third-order valence-electron chi connectivity index (χ3n) is 6.28. The molecule has 158 valence electrons. The number of amides is 3. The number of rotatable bonds is 6. The van der Waals surface area contributed by atoms with Gasteiger partial charge in [0.15, 0.2) is 0 Å². The van der Waals surface area contributed by atoms with E-state index in [0.29, 0.717) is 0 Å². The summed E-state index contributed by atoms with van der Waals surface area (Å²) < 4.78 is 0. The number of carbonyl (C=O) groups is 2. The summed E-state index contributed by atoms with van der Waals surface area (Å²) in [5, 5.41) is 0. The highest BCUT2D eigenvalue weighted by Crippen LogP contribution is 2.36. The van der Waals surface area contributed by atoms with Crippen molar-refractivity contribution in [2.75, 3.05) is 7.05 Å². The first-order valence-electron chi connectivity index (χ1n) is 10.8. The van der Waals surface area contributed by atoms with Crippen LogP contribution in [0.4, 0.5) is 4.79 Å². The van der Waals surface area contributed by atoms with Gasteiger partial charge in [-0.25, -0.2) is 4.79 Å². The average molecular weight is 413 g/mol. The lowest BCUT2D eigenvalue weighted by molar-refractivity contribution is -0.129. The molecule has 1 aliphatic heterocycles. The summed E-state index contributed by atoms with van der Waals surface area (Å²) in [5.41, 5.74) is 3.28. The standard InChI is InChI=1S/C27H28N2O2/c1-20-26(23-16-10-5-11-17-23)29(27(31)28(20)2)25(30)19-24(22-14-8-4-9-15-22)18-21-12-6-3-7-13-21/h3-17,20,24,26H,18-19H2,1-2H3/t20-,24-,26-/m0/s1. The topological polar surface area (TPSA) is 40.6 Å². The molecule has 0 aliphatic carbocycles. The van der Waals surface area contributed by atoms with Crippen LogP contribution in [0, 0.1) is 0 Å². The summed E-state index contributed by atoms with van der Waals surface area (Å²) in [6.45, 7) is 2.00. The van der Waals surface area contributed by atoms with E-state index < -0.39 is 0 Å². The Bertz CT molecular complexity index is 1020. The molecule has 1 heterocycles. The first-order chi connectivity index (χ1) is 15.1. The fourth-order valence-corrected chi connectivity index (χ4v) is 4.47. The van der Waals surface area contributed by atoms with Crippen molar-refractivity contribution in [1.29, 1.82) is 0 Å². The van der Waals surface area contributed by atoms with Gasteiger partial charge in [-0.3, -0.25) is 9.69 Å². The van der Waals surface area contributed by atoms with E-state index in [1.165, 1.54) is 10.5 Å². The summed E-state index contributed by atoms with van der Waals surface area (Å²) in [7, 11) is 1.77. The molecule has 4 nitrogen and oxygen atoms in total. The molecule has 3 aromatic carbocycles. The summed E-state index contributed by atoms with van der Waals surface area (Å²) in [6, 6.07) is 29.6. The van der Waals surface area contributed by atoms with Crippen molar-refractivity contribution < 1.29 is 9.59 Å². The van der Waals surface area contributed by atoms with Crippen LogP contribution in [0.25, 0.3) is 0 Å². The van der Waals surface area contributed by atoms with Crippen molar-refractivity contribution >= 4 is 11.9 Å². The Kier molecular flexibility index (Phi) is 6.17. The molecule has 0 unspecified atom stereocenters. The van der Waals surface area contributed by atoms with Crippen molar-refractivity contribution in [3.8, 4) is 0 Å². The van der Waals surface area contributed by atoms with Gasteiger partial charge in [-0.15, -0.1) is 0 Å². The van der Waals surface area contributed by atoms with Crippen LogP contribution in [0.5, 0.6) is 0 Å². The largest absolute Gasteiger partial charge is 0.327 e. The lowest BCUT2D eigenvalue weighted by Crippen LogP contribution is -2.37. The number of hydrogen-bond donors (Lipinski definition) is 0. The third kappa shape index (κ3) is 4.38. The second-order valence-corrected chi connectivity index (χ2v) is 8.25.